The van der Waals surface area contributed by atoms with Crippen LogP contribution in [0.15, 0.2) is 24.3 Å². The zero-order chi connectivity index (χ0) is 14.4. The summed E-state index contributed by atoms with van der Waals surface area (Å²) in [4.78, 5) is 2.54. The Morgan fingerprint density at radius 3 is 2.40 bits per heavy atom. The number of nitrogens with one attached hydrogen (secondary N) is 1. The van der Waals surface area contributed by atoms with Gasteiger partial charge in [-0.2, -0.15) is 0 Å². The molecule has 2 rings (SSSR count). The Hall–Kier alpha value is -1.02. The second-order valence-electron chi connectivity index (χ2n) is 6.06. The van der Waals surface area contributed by atoms with E-state index in [1.165, 1.54) is 49.8 Å². The molecular weight excluding hydrogens is 244 g/mol. The van der Waals surface area contributed by atoms with E-state index in [4.69, 9.17) is 0 Å². The van der Waals surface area contributed by atoms with Gasteiger partial charge < -0.3 is 10.2 Å². The maximum absolute atomic E-state index is 3.45. The van der Waals surface area contributed by atoms with Gasteiger partial charge in [0.1, 0.15) is 0 Å². The van der Waals surface area contributed by atoms with Crippen molar-refractivity contribution in [3.63, 3.8) is 0 Å². The van der Waals surface area contributed by atoms with E-state index in [9.17, 15) is 0 Å². The molecule has 0 saturated heterocycles. The summed E-state index contributed by atoms with van der Waals surface area (Å²) in [5.74, 6) is 0. The second kappa shape index (κ2) is 7.68. The summed E-state index contributed by atoms with van der Waals surface area (Å²) in [5, 5.41) is 3.45. The molecule has 2 nitrogen and oxygen atoms in total. The maximum atomic E-state index is 3.45. The molecule has 0 amide bonds. The summed E-state index contributed by atoms with van der Waals surface area (Å²) in [6.07, 6.45) is 9.44. The van der Waals surface area contributed by atoms with Crippen molar-refractivity contribution in [3.8, 4) is 0 Å². The standard InChI is InChI=1S/C18H30N2/c1-4-17(19-2)16-13-9-10-14-18(16)20(3)15-11-7-5-6-8-12-15/h9-10,13-15,17,19H,4-8,11-12H2,1-3H3. The van der Waals surface area contributed by atoms with Crippen LogP contribution in [0.1, 0.15) is 63.5 Å². The molecule has 1 aliphatic rings. The fourth-order valence-corrected chi connectivity index (χ4v) is 3.52. The smallest absolute Gasteiger partial charge is 0.0414 e. The lowest BCUT2D eigenvalue weighted by molar-refractivity contribution is 0.540. The van der Waals surface area contributed by atoms with Gasteiger partial charge in [-0.05, 0) is 37.9 Å². The van der Waals surface area contributed by atoms with Crippen molar-refractivity contribution in [1.29, 1.82) is 0 Å². The third-order valence-electron chi connectivity index (χ3n) is 4.82. The Morgan fingerprint density at radius 1 is 1.15 bits per heavy atom. The molecule has 2 heteroatoms. The molecule has 1 unspecified atom stereocenters. The van der Waals surface area contributed by atoms with E-state index >= 15 is 0 Å². The van der Waals surface area contributed by atoms with Crippen LogP contribution < -0.4 is 10.2 Å². The third kappa shape index (κ3) is 3.54. The maximum Gasteiger partial charge on any atom is 0.0414 e. The van der Waals surface area contributed by atoms with Crippen LogP contribution in [0.5, 0.6) is 0 Å². The first-order valence-corrected chi connectivity index (χ1v) is 8.27. The highest BCUT2D eigenvalue weighted by atomic mass is 15.1. The van der Waals surface area contributed by atoms with Gasteiger partial charge in [0.05, 0.1) is 0 Å². The number of para-hydroxylation sites is 1. The third-order valence-corrected chi connectivity index (χ3v) is 4.82. The predicted molar refractivity (Wildman–Crippen MR) is 88.4 cm³/mol. The highest BCUT2D eigenvalue weighted by Gasteiger charge is 2.21. The van der Waals surface area contributed by atoms with E-state index in [0.29, 0.717) is 12.1 Å². The van der Waals surface area contributed by atoms with E-state index < -0.39 is 0 Å². The van der Waals surface area contributed by atoms with E-state index in [2.05, 4.69) is 55.5 Å². The molecule has 1 saturated carbocycles. The molecule has 1 aromatic carbocycles. The molecule has 1 atom stereocenters. The Kier molecular flexibility index (Phi) is 5.90. The Labute approximate surface area is 124 Å². The van der Waals surface area contributed by atoms with Crippen LogP contribution in [0.2, 0.25) is 0 Å². The molecule has 0 aliphatic heterocycles. The van der Waals surface area contributed by atoms with Crippen molar-refractivity contribution in [2.75, 3.05) is 19.0 Å². The van der Waals surface area contributed by atoms with Gasteiger partial charge in [0.2, 0.25) is 0 Å². The molecule has 0 heterocycles. The summed E-state index contributed by atoms with van der Waals surface area (Å²) in [6, 6.07) is 10.1. The van der Waals surface area contributed by atoms with Gasteiger partial charge in [0, 0.05) is 24.8 Å². The van der Waals surface area contributed by atoms with Crippen molar-refractivity contribution in [3.05, 3.63) is 29.8 Å². The van der Waals surface area contributed by atoms with Crippen molar-refractivity contribution in [2.45, 2.75) is 64.0 Å². The highest BCUT2D eigenvalue weighted by molar-refractivity contribution is 5.55. The molecule has 1 aliphatic carbocycles. The molecule has 1 N–H and O–H groups in total. The summed E-state index contributed by atoms with van der Waals surface area (Å²) in [5.41, 5.74) is 2.87. The van der Waals surface area contributed by atoms with Crippen molar-refractivity contribution in [1.82, 2.24) is 5.32 Å². The molecule has 1 fully saturated rings. The average molecular weight is 274 g/mol. The number of rotatable bonds is 5. The number of hydrogen-bond donors (Lipinski definition) is 1. The zero-order valence-corrected chi connectivity index (χ0v) is 13.4. The van der Waals surface area contributed by atoms with Crippen molar-refractivity contribution in [2.24, 2.45) is 0 Å². The van der Waals surface area contributed by atoms with Gasteiger partial charge in [-0.3, -0.25) is 0 Å². The van der Waals surface area contributed by atoms with Crippen LogP contribution in [-0.2, 0) is 0 Å². The zero-order valence-electron chi connectivity index (χ0n) is 13.4. The summed E-state index contributed by atoms with van der Waals surface area (Å²) in [7, 11) is 4.35. The Morgan fingerprint density at radius 2 is 1.80 bits per heavy atom. The average Bonchev–Trinajstić information content (AvgIpc) is 2.77. The Balaban J connectivity index is 2.21. The monoisotopic (exact) mass is 274 g/mol. The molecular formula is C18H30N2. The van der Waals surface area contributed by atoms with Crippen LogP contribution in [0.3, 0.4) is 0 Å². The number of anilines is 1. The highest BCUT2D eigenvalue weighted by Crippen LogP contribution is 2.31. The fourth-order valence-electron chi connectivity index (χ4n) is 3.52. The van der Waals surface area contributed by atoms with Crippen molar-refractivity contribution >= 4 is 5.69 Å². The molecule has 1 aromatic rings. The minimum atomic E-state index is 0.458. The normalized spacial score (nSPS) is 18.6. The number of nitrogens with zero attached hydrogens (tertiary/aromatic N) is 1. The van der Waals surface area contributed by atoms with E-state index in [0.717, 1.165) is 6.42 Å². The molecule has 0 bridgehead atoms. The lowest BCUT2D eigenvalue weighted by Crippen LogP contribution is -2.32. The first-order valence-electron chi connectivity index (χ1n) is 8.27. The first-order chi connectivity index (χ1) is 9.77. The summed E-state index contributed by atoms with van der Waals surface area (Å²) in [6.45, 7) is 2.25. The Bertz CT molecular complexity index is 390. The first kappa shape index (κ1) is 15.4. The van der Waals surface area contributed by atoms with Crippen LogP contribution in [-0.4, -0.2) is 20.1 Å². The SMILES string of the molecule is CCC(NC)c1ccccc1N(C)C1CCCCCC1. The summed E-state index contributed by atoms with van der Waals surface area (Å²) < 4.78 is 0. The molecule has 0 spiro atoms. The van der Waals surface area contributed by atoms with Gasteiger partial charge in [-0.25, -0.2) is 0 Å². The van der Waals surface area contributed by atoms with Crippen LogP contribution in [0.4, 0.5) is 5.69 Å². The van der Waals surface area contributed by atoms with E-state index in [-0.39, 0.29) is 0 Å². The van der Waals surface area contributed by atoms with Crippen molar-refractivity contribution < 1.29 is 0 Å². The van der Waals surface area contributed by atoms with Crippen LogP contribution in [0, 0.1) is 0 Å². The van der Waals surface area contributed by atoms with Gasteiger partial charge in [0.15, 0.2) is 0 Å². The summed E-state index contributed by atoms with van der Waals surface area (Å²) >= 11 is 0. The molecule has 0 aromatic heterocycles. The lowest BCUT2D eigenvalue weighted by Gasteiger charge is -2.32. The predicted octanol–water partition coefficient (Wildman–Crippen LogP) is 4.52. The topological polar surface area (TPSA) is 15.3 Å². The van der Waals surface area contributed by atoms with Gasteiger partial charge in [-0.15, -0.1) is 0 Å². The quantitative estimate of drug-likeness (QED) is 0.794. The second-order valence-corrected chi connectivity index (χ2v) is 6.06. The largest absolute Gasteiger partial charge is 0.371 e. The van der Waals surface area contributed by atoms with Gasteiger partial charge >= 0.3 is 0 Å². The molecule has 20 heavy (non-hydrogen) atoms. The fraction of sp³-hybridized carbons (Fsp3) is 0.667. The van der Waals surface area contributed by atoms with E-state index in [1.54, 1.807) is 0 Å². The van der Waals surface area contributed by atoms with E-state index in [1.807, 2.05) is 0 Å². The van der Waals surface area contributed by atoms with Crippen LogP contribution >= 0.6 is 0 Å². The van der Waals surface area contributed by atoms with Gasteiger partial charge in [0.25, 0.3) is 0 Å². The molecule has 112 valence electrons. The lowest BCUT2D eigenvalue weighted by atomic mass is 9.99. The number of benzene rings is 1. The number of hydrogen-bond acceptors (Lipinski definition) is 2. The minimum absolute atomic E-state index is 0.458. The molecule has 0 radical (unpaired) electrons. The van der Waals surface area contributed by atoms with Gasteiger partial charge in [-0.1, -0.05) is 50.8 Å². The van der Waals surface area contributed by atoms with Crippen LogP contribution in [0.25, 0.3) is 0 Å². The minimum Gasteiger partial charge on any atom is -0.371 e.